The molecule has 0 spiro atoms. The number of aromatic nitrogens is 2. The SMILES string of the molecule is Cc1cc(-c2cnn(C)c2)ccc1N(CC(=O)NCCNC(C)C)CC(=O)N(C)N1Cc2ccccc2C1. The lowest BCUT2D eigenvalue weighted by Crippen LogP contribution is -2.48. The molecule has 0 saturated heterocycles. The van der Waals surface area contributed by atoms with Crippen LogP contribution in [0.25, 0.3) is 11.1 Å². The van der Waals surface area contributed by atoms with Crippen molar-refractivity contribution in [1.29, 1.82) is 0 Å². The van der Waals surface area contributed by atoms with E-state index in [9.17, 15) is 9.59 Å². The molecule has 1 aliphatic heterocycles. The molecule has 2 heterocycles. The number of anilines is 1. The summed E-state index contributed by atoms with van der Waals surface area (Å²) in [4.78, 5) is 28.2. The van der Waals surface area contributed by atoms with Crippen LogP contribution in [0, 0.1) is 6.92 Å². The highest BCUT2D eigenvalue weighted by Crippen LogP contribution is 2.28. The van der Waals surface area contributed by atoms with Gasteiger partial charge < -0.3 is 15.5 Å². The molecule has 202 valence electrons. The normalized spacial score (nSPS) is 13.0. The molecule has 2 N–H and O–H groups in total. The van der Waals surface area contributed by atoms with Crippen molar-refractivity contribution in [3.63, 3.8) is 0 Å². The number of hydrazine groups is 1. The van der Waals surface area contributed by atoms with Gasteiger partial charge >= 0.3 is 0 Å². The first kappa shape index (κ1) is 27.3. The Morgan fingerprint density at radius 1 is 1.03 bits per heavy atom. The monoisotopic (exact) mass is 517 g/mol. The Kier molecular flexibility index (Phi) is 8.81. The molecule has 3 aromatic rings. The average molecular weight is 518 g/mol. The predicted octanol–water partition coefficient (Wildman–Crippen LogP) is 2.71. The molecule has 0 fully saturated rings. The number of likely N-dealkylation sites (N-methyl/N-ethyl adjacent to an activating group) is 1. The summed E-state index contributed by atoms with van der Waals surface area (Å²) >= 11 is 0. The van der Waals surface area contributed by atoms with Crippen LogP contribution in [-0.4, -0.2) is 70.9 Å². The Balaban J connectivity index is 1.49. The summed E-state index contributed by atoms with van der Waals surface area (Å²) in [5.41, 5.74) is 6.39. The summed E-state index contributed by atoms with van der Waals surface area (Å²) in [7, 11) is 3.70. The maximum Gasteiger partial charge on any atom is 0.256 e. The van der Waals surface area contributed by atoms with Crippen molar-refractivity contribution >= 4 is 17.5 Å². The minimum absolute atomic E-state index is 0.0668. The first-order valence-electron chi connectivity index (χ1n) is 13.1. The Bertz CT molecular complexity index is 1240. The van der Waals surface area contributed by atoms with Crippen LogP contribution in [0.2, 0.25) is 0 Å². The lowest BCUT2D eigenvalue weighted by Gasteiger charge is -2.32. The fourth-order valence-corrected chi connectivity index (χ4v) is 4.73. The van der Waals surface area contributed by atoms with Crippen molar-refractivity contribution in [3.8, 4) is 11.1 Å². The van der Waals surface area contributed by atoms with E-state index in [1.165, 1.54) is 11.1 Å². The van der Waals surface area contributed by atoms with Gasteiger partial charge in [0.25, 0.3) is 5.91 Å². The second kappa shape index (κ2) is 12.2. The molecule has 0 aliphatic carbocycles. The van der Waals surface area contributed by atoms with Crippen LogP contribution < -0.4 is 15.5 Å². The third-order valence-electron chi connectivity index (χ3n) is 6.85. The Morgan fingerprint density at radius 3 is 2.34 bits per heavy atom. The van der Waals surface area contributed by atoms with E-state index in [0.29, 0.717) is 32.2 Å². The number of nitrogens with zero attached hydrogens (tertiary/aromatic N) is 5. The molecule has 0 atom stereocenters. The predicted molar refractivity (Wildman–Crippen MR) is 150 cm³/mol. The molecule has 0 bridgehead atoms. The summed E-state index contributed by atoms with van der Waals surface area (Å²) in [6, 6.07) is 14.7. The van der Waals surface area contributed by atoms with Gasteiger partial charge in [-0.2, -0.15) is 5.10 Å². The van der Waals surface area contributed by atoms with Crippen LogP contribution >= 0.6 is 0 Å². The maximum atomic E-state index is 13.5. The van der Waals surface area contributed by atoms with Gasteiger partial charge in [0.05, 0.1) is 19.3 Å². The Hall–Kier alpha value is -3.69. The van der Waals surface area contributed by atoms with Gasteiger partial charge in [0.15, 0.2) is 0 Å². The van der Waals surface area contributed by atoms with E-state index in [-0.39, 0.29) is 24.9 Å². The van der Waals surface area contributed by atoms with Crippen molar-refractivity contribution in [2.24, 2.45) is 7.05 Å². The third kappa shape index (κ3) is 6.79. The molecule has 38 heavy (non-hydrogen) atoms. The molecule has 9 nitrogen and oxygen atoms in total. The van der Waals surface area contributed by atoms with E-state index in [0.717, 1.165) is 22.4 Å². The van der Waals surface area contributed by atoms with Gasteiger partial charge in [-0.15, -0.1) is 0 Å². The number of amides is 2. The molecule has 2 amide bonds. The van der Waals surface area contributed by atoms with Gasteiger partial charge in [-0.3, -0.25) is 19.3 Å². The summed E-state index contributed by atoms with van der Waals surface area (Å²) in [6.07, 6.45) is 3.80. The minimum atomic E-state index is -0.115. The molecule has 1 aliphatic rings. The number of rotatable bonds is 11. The fourth-order valence-electron chi connectivity index (χ4n) is 4.73. The summed E-state index contributed by atoms with van der Waals surface area (Å²) in [5, 5.41) is 14.3. The topological polar surface area (TPSA) is 85.7 Å². The Morgan fingerprint density at radius 2 is 1.74 bits per heavy atom. The number of carbonyl (C=O) groups is 2. The number of carbonyl (C=O) groups excluding carboxylic acids is 2. The zero-order chi connectivity index (χ0) is 27.2. The van der Waals surface area contributed by atoms with E-state index in [4.69, 9.17) is 0 Å². The minimum Gasteiger partial charge on any atom is -0.353 e. The van der Waals surface area contributed by atoms with Gasteiger partial charge in [0.1, 0.15) is 0 Å². The zero-order valence-electron chi connectivity index (χ0n) is 23.1. The van der Waals surface area contributed by atoms with E-state index < -0.39 is 0 Å². The van der Waals surface area contributed by atoms with Crippen LogP contribution in [0.5, 0.6) is 0 Å². The molecule has 0 radical (unpaired) electrons. The van der Waals surface area contributed by atoms with Gasteiger partial charge in [-0.25, -0.2) is 5.01 Å². The van der Waals surface area contributed by atoms with Gasteiger partial charge in [0.2, 0.25) is 5.91 Å². The van der Waals surface area contributed by atoms with Crippen molar-refractivity contribution in [2.45, 2.75) is 39.9 Å². The molecule has 2 aromatic carbocycles. The van der Waals surface area contributed by atoms with Crippen LogP contribution in [-0.2, 0) is 29.7 Å². The molecular weight excluding hydrogens is 478 g/mol. The zero-order valence-corrected chi connectivity index (χ0v) is 23.1. The third-order valence-corrected chi connectivity index (χ3v) is 6.85. The lowest BCUT2D eigenvalue weighted by molar-refractivity contribution is -0.145. The van der Waals surface area contributed by atoms with E-state index >= 15 is 0 Å². The highest BCUT2D eigenvalue weighted by molar-refractivity contribution is 5.87. The van der Waals surface area contributed by atoms with Crippen molar-refractivity contribution < 1.29 is 9.59 Å². The summed E-state index contributed by atoms with van der Waals surface area (Å²) in [5.74, 6) is -0.182. The van der Waals surface area contributed by atoms with Crippen LogP contribution in [0.1, 0.15) is 30.5 Å². The highest BCUT2D eigenvalue weighted by atomic mass is 16.2. The standard InChI is InChI=1S/C29H39N7O2/c1-21(2)30-12-13-31-28(37)19-35(27-11-10-23(14-22(27)3)26-15-32-33(4)16-26)20-29(38)34(5)36-17-24-8-6-7-9-25(24)18-36/h6-11,14-16,21,30H,12-13,17-20H2,1-5H3,(H,31,37). The molecule has 1 aromatic heterocycles. The number of hydrogen-bond acceptors (Lipinski definition) is 6. The molecule has 9 heteroatoms. The fraction of sp³-hybridized carbons (Fsp3) is 0.414. The van der Waals surface area contributed by atoms with Crippen LogP contribution in [0.4, 0.5) is 5.69 Å². The molecule has 0 saturated carbocycles. The number of benzene rings is 2. The van der Waals surface area contributed by atoms with Gasteiger partial charge in [0, 0.05) is 63.8 Å². The maximum absolute atomic E-state index is 13.5. The molecular formula is C29H39N7O2. The smallest absolute Gasteiger partial charge is 0.256 e. The molecule has 4 rings (SSSR count). The summed E-state index contributed by atoms with van der Waals surface area (Å²) in [6.45, 7) is 8.95. The van der Waals surface area contributed by atoms with Gasteiger partial charge in [-0.05, 0) is 41.3 Å². The van der Waals surface area contributed by atoms with E-state index in [2.05, 4.69) is 47.8 Å². The Labute approximate surface area is 225 Å². The number of hydrogen-bond donors (Lipinski definition) is 2. The van der Waals surface area contributed by atoms with Crippen molar-refractivity contribution in [2.75, 3.05) is 38.1 Å². The number of nitrogens with one attached hydrogen (secondary N) is 2. The quantitative estimate of drug-likeness (QED) is 0.381. The second-order valence-corrected chi connectivity index (χ2v) is 10.2. The highest BCUT2D eigenvalue weighted by Gasteiger charge is 2.27. The van der Waals surface area contributed by atoms with Crippen molar-refractivity contribution in [1.82, 2.24) is 30.4 Å². The largest absolute Gasteiger partial charge is 0.353 e. The second-order valence-electron chi connectivity index (χ2n) is 10.2. The van der Waals surface area contributed by atoms with Gasteiger partial charge in [-0.1, -0.05) is 44.2 Å². The van der Waals surface area contributed by atoms with Crippen LogP contribution in [0.3, 0.4) is 0 Å². The average Bonchev–Trinajstić information content (AvgIpc) is 3.52. The number of aryl methyl sites for hydroxylation is 2. The molecule has 0 unspecified atom stereocenters. The van der Waals surface area contributed by atoms with E-state index in [1.54, 1.807) is 9.69 Å². The van der Waals surface area contributed by atoms with E-state index in [1.807, 2.05) is 67.6 Å². The number of fused-ring (bicyclic) bond motifs is 1. The van der Waals surface area contributed by atoms with Crippen molar-refractivity contribution in [3.05, 3.63) is 71.5 Å². The first-order valence-corrected chi connectivity index (χ1v) is 13.1. The lowest BCUT2D eigenvalue weighted by atomic mass is 10.0. The first-order chi connectivity index (χ1) is 18.2. The summed E-state index contributed by atoms with van der Waals surface area (Å²) < 4.78 is 1.77. The van der Waals surface area contributed by atoms with Crippen LogP contribution in [0.15, 0.2) is 54.9 Å².